The topological polar surface area (TPSA) is 99.0 Å². The Morgan fingerprint density at radius 2 is 2.06 bits per heavy atom. The van der Waals surface area contributed by atoms with Crippen molar-refractivity contribution in [3.8, 4) is 0 Å². The van der Waals surface area contributed by atoms with Crippen LogP contribution in [0.5, 0.6) is 0 Å². The Morgan fingerprint density at radius 3 is 2.83 bits per heavy atom. The average molecular weight is 613 g/mol. The fourth-order valence-electron chi connectivity index (χ4n) is 3.99. The summed E-state index contributed by atoms with van der Waals surface area (Å²) in [5, 5.41) is 3.36. The van der Waals surface area contributed by atoms with Crippen molar-refractivity contribution >= 4 is 83.4 Å². The van der Waals surface area contributed by atoms with Crippen LogP contribution in [0.25, 0.3) is 10.2 Å². The number of aryl methyl sites for hydroxylation is 1. The smallest absolute Gasteiger partial charge is 0.341 e. The van der Waals surface area contributed by atoms with E-state index in [4.69, 9.17) is 9.47 Å². The van der Waals surface area contributed by atoms with Crippen LogP contribution in [0.3, 0.4) is 0 Å². The molecule has 1 aromatic carbocycles. The minimum atomic E-state index is -0.431. The zero-order chi connectivity index (χ0) is 25.7. The van der Waals surface area contributed by atoms with Gasteiger partial charge in [-0.05, 0) is 49.9 Å². The minimum Gasteiger partial charge on any atom is -0.465 e. The number of thiophene rings is 1. The van der Waals surface area contributed by atoms with E-state index >= 15 is 0 Å². The van der Waals surface area contributed by atoms with Gasteiger partial charge < -0.3 is 19.4 Å². The molecule has 192 valence electrons. The van der Waals surface area contributed by atoms with Crippen LogP contribution < -0.4 is 10.1 Å². The van der Waals surface area contributed by atoms with E-state index < -0.39 is 5.97 Å². The molecule has 0 saturated carbocycles. The second-order valence-corrected chi connectivity index (χ2v) is 12.0. The number of thiazole rings is 1. The van der Waals surface area contributed by atoms with Gasteiger partial charge in [0.2, 0.25) is 5.91 Å². The summed E-state index contributed by atoms with van der Waals surface area (Å²) in [5.74, 6) is -0.861. The summed E-state index contributed by atoms with van der Waals surface area (Å²) in [7, 11) is 1.34. The molecule has 0 radical (unpaired) electrons. The second-order valence-electron chi connectivity index (χ2n) is 7.94. The molecule has 4 rings (SSSR count). The maximum Gasteiger partial charge on any atom is 0.341 e. The van der Waals surface area contributed by atoms with Gasteiger partial charge in [0.15, 0.2) is 4.80 Å². The van der Waals surface area contributed by atoms with E-state index in [1.165, 1.54) is 41.5 Å². The monoisotopic (exact) mass is 611 g/mol. The third-order valence-corrected chi connectivity index (χ3v) is 9.21. The number of aromatic nitrogens is 1. The number of anilines is 1. The molecule has 2 heterocycles. The van der Waals surface area contributed by atoms with Gasteiger partial charge in [-0.2, -0.15) is 4.99 Å². The summed E-state index contributed by atoms with van der Waals surface area (Å²) in [6.45, 7) is 3.67. The van der Waals surface area contributed by atoms with E-state index in [0.717, 1.165) is 44.4 Å². The molecule has 2 aromatic heterocycles. The maximum absolute atomic E-state index is 12.6. The third-order valence-electron chi connectivity index (χ3n) is 5.55. The van der Waals surface area contributed by atoms with Gasteiger partial charge in [0, 0.05) is 22.5 Å². The lowest BCUT2D eigenvalue weighted by molar-refractivity contribution is -0.115. The first-order chi connectivity index (χ1) is 17.4. The number of ether oxygens (including phenoxy) is 2. The lowest BCUT2D eigenvalue weighted by atomic mass is 10.1. The van der Waals surface area contributed by atoms with E-state index in [1.807, 2.05) is 29.7 Å². The lowest BCUT2D eigenvalue weighted by Gasteiger charge is -2.07. The van der Waals surface area contributed by atoms with Gasteiger partial charge >= 0.3 is 5.97 Å². The number of rotatable bonds is 10. The zero-order valence-corrected chi connectivity index (χ0v) is 24.0. The Labute approximate surface area is 229 Å². The van der Waals surface area contributed by atoms with E-state index in [0.29, 0.717) is 35.1 Å². The molecule has 0 bridgehead atoms. The minimum absolute atomic E-state index is 0.0711. The van der Waals surface area contributed by atoms with E-state index in [2.05, 4.69) is 26.2 Å². The predicted octanol–water partition coefficient (Wildman–Crippen LogP) is 4.64. The van der Waals surface area contributed by atoms with Crippen LogP contribution in [-0.4, -0.2) is 54.2 Å². The number of carbonyl (C=O) groups excluding carboxylic acids is 3. The molecule has 1 N–H and O–H groups in total. The van der Waals surface area contributed by atoms with Crippen LogP contribution in [0.1, 0.15) is 34.1 Å². The summed E-state index contributed by atoms with van der Waals surface area (Å²) < 4.78 is 14.4. The Balaban J connectivity index is 1.40. The largest absolute Gasteiger partial charge is 0.465 e. The van der Waals surface area contributed by atoms with Gasteiger partial charge in [0.1, 0.15) is 5.00 Å². The van der Waals surface area contributed by atoms with Gasteiger partial charge in [-0.15, -0.1) is 23.1 Å². The molecular formula is C24H26BrN3O5S3. The van der Waals surface area contributed by atoms with E-state index in [9.17, 15) is 14.4 Å². The van der Waals surface area contributed by atoms with Crippen molar-refractivity contribution < 1.29 is 23.9 Å². The number of nitrogens with one attached hydrogen (secondary N) is 1. The first-order valence-corrected chi connectivity index (χ1v) is 15.0. The van der Waals surface area contributed by atoms with E-state index in [1.54, 1.807) is 0 Å². The molecule has 12 heteroatoms. The van der Waals surface area contributed by atoms with Gasteiger partial charge in [0.25, 0.3) is 5.91 Å². The van der Waals surface area contributed by atoms with Crippen molar-refractivity contribution in [1.82, 2.24) is 4.57 Å². The number of esters is 1. The van der Waals surface area contributed by atoms with Crippen molar-refractivity contribution in [3.05, 3.63) is 43.5 Å². The average Bonchev–Trinajstić information content (AvgIpc) is 3.51. The Morgan fingerprint density at radius 1 is 1.22 bits per heavy atom. The molecule has 0 aliphatic heterocycles. The summed E-state index contributed by atoms with van der Waals surface area (Å²) in [5.41, 5.74) is 2.44. The second kappa shape index (κ2) is 12.5. The summed E-state index contributed by atoms with van der Waals surface area (Å²) in [6.07, 6.45) is 2.73. The highest BCUT2D eigenvalue weighted by molar-refractivity contribution is 9.10. The number of hydrogen-bond acceptors (Lipinski definition) is 8. The van der Waals surface area contributed by atoms with Crippen LogP contribution >= 0.6 is 50.4 Å². The van der Waals surface area contributed by atoms with Crippen LogP contribution in [0.15, 0.2) is 27.7 Å². The van der Waals surface area contributed by atoms with Crippen LogP contribution in [0, 0.1) is 0 Å². The molecule has 8 nitrogen and oxygen atoms in total. The van der Waals surface area contributed by atoms with Crippen LogP contribution in [0.2, 0.25) is 0 Å². The zero-order valence-electron chi connectivity index (χ0n) is 19.9. The van der Waals surface area contributed by atoms with Gasteiger partial charge in [-0.25, -0.2) is 4.79 Å². The van der Waals surface area contributed by atoms with E-state index in [-0.39, 0.29) is 23.3 Å². The third kappa shape index (κ3) is 6.28. The fourth-order valence-corrected chi connectivity index (χ4v) is 7.51. The first kappa shape index (κ1) is 27.1. The molecule has 3 aromatic rings. The molecule has 36 heavy (non-hydrogen) atoms. The summed E-state index contributed by atoms with van der Waals surface area (Å²) in [4.78, 5) is 43.5. The number of nitrogens with zero attached hydrogens (tertiary/aromatic N) is 2. The normalized spacial score (nSPS) is 13.2. The highest BCUT2D eigenvalue weighted by Crippen LogP contribution is 2.39. The van der Waals surface area contributed by atoms with Crippen molar-refractivity contribution in [3.63, 3.8) is 0 Å². The number of carbonyl (C=O) groups is 3. The number of methoxy groups -OCH3 is 1. The highest BCUT2D eigenvalue weighted by Gasteiger charge is 2.28. The standard InChI is InChI=1S/C24H26BrN3O5S3/c1-3-33-10-9-28-16-8-7-14(25)11-18(16)36-24(28)27-20(30)13-34-12-19(29)26-22-21(23(31)32-2)15-5-4-6-17(15)35-22/h7-8,11H,3-6,9-10,12-13H2,1-2H3,(H,26,29). The van der Waals surface area contributed by atoms with Crippen LogP contribution in [0.4, 0.5) is 5.00 Å². The number of fused-ring (bicyclic) bond motifs is 2. The number of halogens is 1. The van der Waals surface area contributed by atoms with Crippen LogP contribution in [-0.2, 0) is 38.4 Å². The predicted molar refractivity (Wildman–Crippen MR) is 148 cm³/mol. The fraction of sp³-hybridized carbons (Fsp3) is 0.417. The molecule has 0 unspecified atom stereocenters. The molecule has 0 spiro atoms. The molecule has 1 aliphatic rings. The maximum atomic E-state index is 12.6. The molecule has 0 fully saturated rings. The Kier molecular flexibility index (Phi) is 9.40. The first-order valence-electron chi connectivity index (χ1n) is 11.5. The SMILES string of the molecule is CCOCCn1c(=NC(=O)CSCC(=O)Nc2sc3c(c2C(=O)OC)CCC3)sc2cc(Br)ccc21. The highest BCUT2D eigenvalue weighted by atomic mass is 79.9. The van der Waals surface area contributed by atoms with Crippen molar-refractivity contribution in [1.29, 1.82) is 0 Å². The van der Waals surface area contributed by atoms with Crippen molar-refractivity contribution in [2.75, 3.05) is 37.1 Å². The quantitative estimate of drug-likeness (QED) is 0.265. The molecule has 0 saturated heterocycles. The Hall–Kier alpha value is -1.99. The lowest BCUT2D eigenvalue weighted by Crippen LogP contribution is -2.20. The number of hydrogen-bond donors (Lipinski definition) is 1. The number of thioether (sulfide) groups is 1. The number of amides is 2. The summed E-state index contributed by atoms with van der Waals surface area (Å²) >= 11 is 7.56. The van der Waals surface area contributed by atoms with Crippen molar-refractivity contribution in [2.24, 2.45) is 4.99 Å². The number of benzene rings is 1. The molecule has 1 aliphatic carbocycles. The molecule has 0 atom stereocenters. The Bertz CT molecular complexity index is 1360. The molecular weight excluding hydrogens is 586 g/mol. The van der Waals surface area contributed by atoms with Crippen molar-refractivity contribution in [2.45, 2.75) is 32.7 Å². The summed E-state index contributed by atoms with van der Waals surface area (Å²) in [6, 6.07) is 5.95. The van der Waals surface area contributed by atoms with Gasteiger partial charge in [-0.1, -0.05) is 27.3 Å². The van der Waals surface area contributed by atoms with Gasteiger partial charge in [-0.3, -0.25) is 9.59 Å². The van der Waals surface area contributed by atoms with Gasteiger partial charge in [0.05, 0.1) is 41.0 Å². The molecule has 2 amide bonds.